The SMILES string of the molecule is CCOC(=O)[C@](NC(=O)[C@H](C)CC)(Nc1cccc(Cl)c1)C(F)(F)F. The number of nitrogens with one attached hydrogen (secondary N) is 2. The topological polar surface area (TPSA) is 67.4 Å². The first-order valence-electron chi connectivity index (χ1n) is 7.67. The van der Waals surface area contributed by atoms with E-state index in [0.717, 1.165) is 0 Å². The number of carbonyl (C=O) groups excluding carboxylic acids is 2. The number of esters is 1. The second kappa shape index (κ2) is 8.42. The minimum absolute atomic E-state index is 0.0951. The van der Waals surface area contributed by atoms with Gasteiger partial charge in [-0.05, 0) is 31.5 Å². The highest BCUT2D eigenvalue weighted by atomic mass is 35.5. The van der Waals surface area contributed by atoms with Crippen LogP contribution in [0.4, 0.5) is 18.9 Å². The number of hydrogen-bond acceptors (Lipinski definition) is 4. The van der Waals surface area contributed by atoms with Gasteiger partial charge < -0.3 is 15.4 Å². The van der Waals surface area contributed by atoms with Crippen molar-refractivity contribution in [3.63, 3.8) is 0 Å². The molecule has 0 radical (unpaired) electrons. The molecule has 0 spiro atoms. The van der Waals surface area contributed by atoms with Gasteiger partial charge in [-0.25, -0.2) is 4.79 Å². The van der Waals surface area contributed by atoms with Gasteiger partial charge in [-0.1, -0.05) is 31.5 Å². The number of benzene rings is 1. The zero-order valence-electron chi connectivity index (χ0n) is 14.0. The number of carbonyl (C=O) groups is 2. The van der Waals surface area contributed by atoms with Crippen molar-refractivity contribution in [2.45, 2.75) is 39.0 Å². The van der Waals surface area contributed by atoms with Gasteiger partial charge >= 0.3 is 17.8 Å². The van der Waals surface area contributed by atoms with Crippen LogP contribution in [0.15, 0.2) is 24.3 Å². The first-order valence-corrected chi connectivity index (χ1v) is 8.04. The van der Waals surface area contributed by atoms with Crippen LogP contribution in [0, 0.1) is 5.92 Å². The van der Waals surface area contributed by atoms with E-state index in [1.807, 2.05) is 0 Å². The lowest BCUT2D eigenvalue weighted by Gasteiger charge is -2.36. The van der Waals surface area contributed by atoms with Gasteiger partial charge in [0.2, 0.25) is 5.91 Å². The summed E-state index contributed by atoms with van der Waals surface area (Å²) in [6.07, 6.45) is -4.86. The van der Waals surface area contributed by atoms with Crippen molar-refractivity contribution in [3.8, 4) is 0 Å². The zero-order valence-corrected chi connectivity index (χ0v) is 14.8. The molecule has 0 heterocycles. The van der Waals surface area contributed by atoms with Gasteiger partial charge in [0.05, 0.1) is 6.61 Å². The van der Waals surface area contributed by atoms with Gasteiger partial charge in [0.1, 0.15) is 0 Å². The third-order valence-electron chi connectivity index (χ3n) is 3.53. The first-order chi connectivity index (χ1) is 11.6. The predicted octanol–water partition coefficient (Wildman–Crippen LogP) is 3.74. The number of alkyl halides is 3. The largest absolute Gasteiger partial charge is 0.463 e. The number of anilines is 1. The van der Waals surface area contributed by atoms with Crippen LogP contribution >= 0.6 is 11.6 Å². The standard InChI is InChI=1S/C16H20ClF3N2O3/c1-4-10(3)13(23)22-15(16(18,19)20,14(24)25-5-2)21-12-8-6-7-11(17)9-12/h6-10,21H,4-5H2,1-3H3,(H,22,23)/t10-,15-/m1/s1. The lowest BCUT2D eigenvalue weighted by Crippen LogP contribution is -2.70. The molecule has 0 aliphatic carbocycles. The third-order valence-corrected chi connectivity index (χ3v) is 3.77. The first kappa shape index (κ1) is 21.1. The van der Waals surface area contributed by atoms with E-state index in [4.69, 9.17) is 11.6 Å². The van der Waals surface area contributed by atoms with Crippen LogP contribution in [0.5, 0.6) is 0 Å². The minimum Gasteiger partial charge on any atom is -0.463 e. The molecular weight excluding hydrogens is 361 g/mol. The van der Waals surface area contributed by atoms with Crippen molar-refractivity contribution in [2.75, 3.05) is 11.9 Å². The number of halogens is 4. The summed E-state index contributed by atoms with van der Waals surface area (Å²) in [6.45, 7) is 4.19. The summed E-state index contributed by atoms with van der Waals surface area (Å²) in [5.41, 5.74) is -3.52. The van der Waals surface area contributed by atoms with Crippen molar-refractivity contribution < 1.29 is 27.5 Å². The maximum Gasteiger partial charge on any atom is 0.441 e. The maximum absolute atomic E-state index is 13.9. The summed E-state index contributed by atoms with van der Waals surface area (Å²) < 4.78 is 46.1. The monoisotopic (exact) mass is 380 g/mol. The molecule has 1 rings (SSSR count). The summed E-state index contributed by atoms with van der Waals surface area (Å²) in [7, 11) is 0. The van der Waals surface area contributed by atoms with E-state index in [1.54, 1.807) is 12.2 Å². The molecule has 25 heavy (non-hydrogen) atoms. The van der Waals surface area contributed by atoms with E-state index in [0.29, 0.717) is 6.42 Å². The second-order valence-corrected chi connectivity index (χ2v) is 5.84. The van der Waals surface area contributed by atoms with Crippen molar-refractivity contribution in [1.29, 1.82) is 0 Å². The number of ether oxygens (including phenoxy) is 1. The fourth-order valence-electron chi connectivity index (χ4n) is 1.91. The van der Waals surface area contributed by atoms with Crippen LogP contribution in [0.2, 0.25) is 5.02 Å². The Labute approximate surface area is 148 Å². The molecule has 0 saturated heterocycles. The molecule has 0 aromatic heterocycles. The molecule has 1 aromatic rings. The molecule has 9 heteroatoms. The highest BCUT2D eigenvalue weighted by Crippen LogP contribution is 2.34. The highest BCUT2D eigenvalue weighted by molar-refractivity contribution is 6.30. The van der Waals surface area contributed by atoms with E-state index in [9.17, 15) is 22.8 Å². The van der Waals surface area contributed by atoms with Gasteiger partial charge in [0.15, 0.2) is 0 Å². The van der Waals surface area contributed by atoms with Gasteiger partial charge in [0, 0.05) is 16.6 Å². The minimum atomic E-state index is -5.16. The van der Waals surface area contributed by atoms with Gasteiger partial charge in [-0.15, -0.1) is 0 Å². The molecule has 0 aliphatic rings. The van der Waals surface area contributed by atoms with Crippen LogP contribution in [0.25, 0.3) is 0 Å². The Kier molecular flexibility index (Phi) is 7.10. The molecule has 140 valence electrons. The molecule has 0 aliphatic heterocycles. The summed E-state index contributed by atoms with van der Waals surface area (Å²) in [5.74, 6) is -3.31. The van der Waals surface area contributed by atoms with E-state index in [-0.39, 0.29) is 17.3 Å². The predicted molar refractivity (Wildman–Crippen MR) is 88.1 cm³/mol. The Hall–Kier alpha value is -1.96. The van der Waals surface area contributed by atoms with Crippen LogP contribution in [0.3, 0.4) is 0 Å². The average molecular weight is 381 g/mol. The third kappa shape index (κ3) is 5.01. The Morgan fingerprint density at radius 3 is 2.40 bits per heavy atom. The Morgan fingerprint density at radius 1 is 1.28 bits per heavy atom. The molecule has 1 amide bonds. The quantitative estimate of drug-likeness (QED) is 0.558. The molecule has 1 aromatic carbocycles. The van der Waals surface area contributed by atoms with E-state index >= 15 is 0 Å². The van der Waals surface area contributed by atoms with Crippen LogP contribution < -0.4 is 10.6 Å². The van der Waals surface area contributed by atoms with Crippen molar-refractivity contribution >= 4 is 29.2 Å². The van der Waals surface area contributed by atoms with Crippen molar-refractivity contribution in [3.05, 3.63) is 29.3 Å². The van der Waals surface area contributed by atoms with E-state index < -0.39 is 29.6 Å². The molecule has 2 N–H and O–H groups in total. The molecule has 0 unspecified atom stereocenters. The maximum atomic E-state index is 13.9. The van der Waals surface area contributed by atoms with Crippen molar-refractivity contribution in [2.24, 2.45) is 5.92 Å². The lowest BCUT2D eigenvalue weighted by atomic mass is 10.0. The number of amides is 1. The number of hydrogen-bond donors (Lipinski definition) is 2. The normalized spacial score (nSPS) is 15.0. The molecule has 0 saturated carbocycles. The summed E-state index contributed by atoms with van der Waals surface area (Å²) in [4.78, 5) is 24.3. The Morgan fingerprint density at radius 2 is 1.92 bits per heavy atom. The van der Waals surface area contributed by atoms with Gasteiger partial charge in [0.25, 0.3) is 0 Å². The van der Waals surface area contributed by atoms with Gasteiger partial charge in [-0.2, -0.15) is 13.2 Å². The summed E-state index contributed by atoms with van der Waals surface area (Å²) in [6, 6.07) is 5.37. The average Bonchev–Trinajstić information content (AvgIpc) is 2.52. The smallest absolute Gasteiger partial charge is 0.441 e. The molecule has 5 nitrogen and oxygen atoms in total. The second-order valence-electron chi connectivity index (χ2n) is 5.40. The highest BCUT2D eigenvalue weighted by Gasteiger charge is 2.63. The lowest BCUT2D eigenvalue weighted by molar-refractivity contribution is -0.208. The van der Waals surface area contributed by atoms with E-state index in [1.165, 1.54) is 38.1 Å². The van der Waals surface area contributed by atoms with E-state index in [2.05, 4.69) is 10.1 Å². The Balaban J connectivity index is 3.39. The molecule has 2 atom stereocenters. The summed E-state index contributed by atoms with van der Waals surface area (Å²) in [5, 5.41) is 4.00. The van der Waals surface area contributed by atoms with Crippen molar-refractivity contribution in [1.82, 2.24) is 5.32 Å². The molecule has 0 fully saturated rings. The number of rotatable bonds is 7. The zero-order chi connectivity index (χ0) is 19.3. The summed E-state index contributed by atoms with van der Waals surface area (Å²) >= 11 is 5.78. The van der Waals surface area contributed by atoms with Gasteiger partial charge in [-0.3, -0.25) is 4.79 Å². The van der Waals surface area contributed by atoms with Crippen LogP contribution in [0.1, 0.15) is 27.2 Å². The van der Waals surface area contributed by atoms with Crippen LogP contribution in [-0.4, -0.2) is 30.3 Å². The Bertz CT molecular complexity index is 625. The molecule has 0 bridgehead atoms. The fourth-order valence-corrected chi connectivity index (χ4v) is 2.10. The fraction of sp³-hybridized carbons (Fsp3) is 0.500. The molecular formula is C16H20ClF3N2O3. The van der Waals surface area contributed by atoms with Crippen LogP contribution in [-0.2, 0) is 14.3 Å².